The molecule has 3 N–H and O–H groups in total. The van der Waals surface area contributed by atoms with E-state index in [1.165, 1.54) is 7.05 Å². The summed E-state index contributed by atoms with van der Waals surface area (Å²) in [7, 11) is 1.35. The lowest BCUT2D eigenvalue weighted by Gasteiger charge is -2.21. The number of rotatable bonds is 6. The van der Waals surface area contributed by atoms with E-state index in [4.69, 9.17) is 4.74 Å². The lowest BCUT2D eigenvalue weighted by Crippen LogP contribution is -2.46. The molecule has 4 amide bonds. The first-order valence-corrected chi connectivity index (χ1v) is 9.05. The predicted molar refractivity (Wildman–Crippen MR) is 105 cm³/mol. The smallest absolute Gasteiger partial charge is 0.329 e. The third kappa shape index (κ3) is 7.02. The Morgan fingerprint density at radius 1 is 1.04 bits per heavy atom. The molecule has 0 bridgehead atoms. The number of urea groups is 1. The number of benzene rings is 1. The normalized spacial score (nSPS) is 12.1. The Labute approximate surface area is 165 Å². The van der Waals surface area contributed by atoms with Gasteiger partial charge in [-0.3, -0.25) is 14.9 Å². The lowest BCUT2D eigenvalue weighted by atomic mass is 9.86. The average molecular weight is 391 g/mol. The number of ether oxygens (including phenoxy) is 1. The quantitative estimate of drug-likeness (QED) is 0.639. The highest BCUT2D eigenvalue weighted by Crippen LogP contribution is 2.22. The van der Waals surface area contributed by atoms with Crippen LogP contribution in [0.3, 0.4) is 0 Å². The van der Waals surface area contributed by atoms with Crippen molar-refractivity contribution in [1.29, 1.82) is 0 Å². The Kier molecular flexibility index (Phi) is 8.16. The number of hydrogen-bond donors (Lipinski definition) is 3. The third-order valence-corrected chi connectivity index (χ3v) is 4.05. The number of hydrogen-bond acceptors (Lipinski definition) is 5. The molecule has 0 aromatic heterocycles. The van der Waals surface area contributed by atoms with Crippen molar-refractivity contribution in [3.63, 3.8) is 0 Å². The summed E-state index contributed by atoms with van der Waals surface area (Å²) in [6, 6.07) is 5.53. The van der Waals surface area contributed by atoms with Gasteiger partial charge in [0.15, 0.2) is 6.61 Å². The Hall–Kier alpha value is -2.90. The molecule has 0 aliphatic carbocycles. The summed E-state index contributed by atoms with van der Waals surface area (Å²) in [6.07, 6.45) is 0. The fraction of sp³-hybridized carbons (Fsp3) is 0.500. The molecule has 8 nitrogen and oxygen atoms in total. The third-order valence-electron chi connectivity index (χ3n) is 4.05. The van der Waals surface area contributed by atoms with Crippen LogP contribution >= 0.6 is 0 Å². The summed E-state index contributed by atoms with van der Waals surface area (Å²) in [5.74, 6) is -2.18. The summed E-state index contributed by atoms with van der Waals surface area (Å²) in [6.45, 7) is 9.11. The summed E-state index contributed by atoms with van der Waals surface area (Å²) in [5.41, 5.74) is 1.48. The van der Waals surface area contributed by atoms with Gasteiger partial charge in [0.2, 0.25) is 0 Å². The molecule has 28 heavy (non-hydrogen) atoms. The van der Waals surface area contributed by atoms with Crippen molar-refractivity contribution in [3.05, 3.63) is 35.4 Å². The van der Waals surface area contributed by atoms with E-state index in [-0.39, 0.29) is 11.3 Å². The van der Waals surface area contributed by atoms with Crippen LogP contribution < -0.4 is 16.0 Å². The van der Waals surface area contributed by atoms with Gasteiger partial charge in [0, 0.05) is 12.6 Å². The van der Waals surface area contributed by atoms with Crippen LogP contribution in [0.4, 0.5) is 4.79 Å². The van der Waals surface area contributed by atoms with Crippen LogP contribution in [0.25, 0.3) is 0 Å². The maximum absolute atomic E-state index is 12.5. The monoisotopic (exact) mass is 391 g/mol. The topological polar surface area (TPSA) is 114 Å². The second-order valence-corrected chi connectivity index (χ2v) is 7.76. The minimum Gasteiger partial charge on any atom is -0.454 e. The van der Waals surface area contributed by atoms with Crippen LogP contribution in [0.2, 0.25) is 0 Å². The van der Waals surface area contributed by atoms with Crippen molar-refractivity contribution in [2.24, 2.45) is 5.92 Å². The lowest BCUT2D eigenvalue weighted by molar-refractivity contribution is -0.151. The maximum atomic E-state index is 12.5. The SMILES string of the molecule is CNC(=O)NC(=O)COC(=O)[C@@H](NC(=O)c1ccc(C(C)(C)C)cc1)C(C)C. The highest BCUT2D eigenvalue weighted by atomic mass is 16.5. The summed E-state index contributed by atoms with van der Waals surface area (Å²) >= 11 is 0. The highest BCUT2D eigenvalue weighted by molar-refractivity contribution is 5.98. The second-order valence-electron chi connectivity index (χ2n) is 7.76. The van der Waals surface area contributed by atoms with Crippen LogP contribution in [0.1, 0.15) is 50.5 Å². The first-order chi connectivity index (χ1) is 13.0. The van der Waals surface area contributed by atoms with Crippen molar-refractivity contribution in [2.45, 2.75) is 46.1 Å². The molecule has 1 aromatic rings. The Bertz CT molecular complexity index is 720. The van der Waals surface area contributed by atoms with Crippen molar-refractivity contribution in [1.82, 2.24) is 16.0 Å². The van der Waals surface area contributed by atoms with Crippen molar-refractivity contribution in [2.75, 3.05) is 13.7 Å². The Morgan fingerprint density at radius 3 is 2.07 bits per heavy atom. The molecule has 0 saturated heterocycles. The molecule has 8 heteroatoms. The number of carbonyl (C=O) groups excluding carboxylic acids is 4. The molecule has 0 unspecified atom stereocenters. The molecule has 154 valence electrons. The van der Waals surface area contributed by atoms with E-state index in [0.717, 1.165) is 5.56 Å². The van der Waals surface area contributed by atoms with E-state index < -0.39 is 36.5 Å². The van der Waals surface area contributed by atoms with Crippen LogP contribution in [-0.4, -0.2) is 43.5 Å². The number of amides is 4. The van der Waals surface area contributed by atoms with Gasteiger partial charge in [0.1, 0.15) is 6.04 Å². The summed E-state index contributed by atoms with van der Waals surface area (Å²) < 4.78 is 4.93. The van der Waals surface area contributed by atoms with E-state index >= 15 is 0 Å². The minimum atomic E-state index is -0.928. The van der Waals surface area contributed by atoms with Gasteiger partial charge in [-0.15, -0.1) is 0 Å². The zero-order chi connectivity index (χ0) is 21.5. The number of esters is 1. The van der Waals surface area contributed by atoms with E-state index in [9.17, 15) is 19.2 Å². The van der Waals surface area contributed by atoms with Crippen LogP contribution in [0, 0.1) is 5.92 Å². The molecular formula is C20H29N3O5. The van der Waals surface area contributed by atoms with E-state index in [0.29, 0.717) is 5.56 Å². The largest absolute Gasteiger partial charge is 0.454 e. The molecule has 1 aromatic carbocycles. The fourth-order valence-corrected chi connectivity index (χ4v) is 2.30. The van der Waals surface area contributed by atoms with Crippen molar-refractivity contribution in [3.8, 4) is 0 Å². The highest BCUT2D eigenvalue weighted by Gasteiger charge is 2.27. The van der Waals surface area contributed by atoms with Gasteiger partial charge >= 0.3 is 12.0 Å². The zero-order valence-electron chi connectivity index (χ0n) is 17.2. The zero-order valence-corrected chi connectivity index (χ0v) is 17.2. The van der Waals surface area contributed by atoms with Crippen molar-refractivity contribution < 1.29 is 23.9 Å². The first-order valence-electron chi connectivity index (χ1n) is 9.05. The van der Waals surface area contributed by atoms with Gasteiger partial charge < -0.3 is 15.4 Å². The molecule has 0 radical (unpaired) electrons. The predicted octanol–water partition coefficient (Wildman–Crippen LogP) is 1.74. The van der Waals surface area contributed by atoms with Gasteiger partial charge in [0.05, 0.1) is 0 Å². The van der Waals surface area contributed by atoms with E-state index in [1.807, 2.05) is 17.4 Å². The minimum absolute atomic E-state index is 0.0332. The van der Waals surface area contributed by atoms with Crippen molar-refractivity contribution >= 4 is 23.8 Å². The van der Waals surface area contributed by atoms with E-state index in [1.54, 1.807) is 26.0 Å². The molecule has 0 fully saturated rings. The van der Waals surface area contributed by atoms with Crippen LogP contribution in [-0.2, 0) is 19.7 Å². The number of imide groups is 1. The van der Waals surface area contributed by atoms with Gasteiger partial charge in [-0.25, -0.2) is 9.59 Å². The van der Waals surface area contributed by atoms with E-state index in [2.05, 4.69) is 31.4 Å². The molecule has 0 spiro atoms. The first kappa shape index (κ1) is 23.1. The maximum Gasteiger partial charge on any atom is 0.329 e. The average Bonchev–Trinajstić information content (AvgIpc) is 2.62. The molecular weight excluding hydrogens is 362 g/mol. The van der Waals surface area contributed by atoms with Gasteiger partial charge in [-0.2, -0.15) is 0 Å². The second kappa shape index (κ2) is 9.87. The van der Waals surface area contributed by atoms with Crippen LogP contribution in [0.15, 0.2) is 24.3 Å². The summed E-state index contributed by atoms with van der Waals surface area (Å²) in [4.78, 5) is 47.4. The van der Waals surface area contributed by atoms with Gasteiger partial charge in [0.25, 0.3) is 11.8 Å². The molecule has 0 saturated carbocycles. The number of carbonyl (C=O) groups is 4. The number of nitrogens with one attached hydrogen (secondary N) is 3. The van der Waals surface area contributed by atoms with Gasteiger partial charge in [-0.05, 0) is 29.0 Å². The molecule has 1 atom stereocenters. The van der Waals surface area contributed by atoms with Gasteiger partial charge in [-0.1, -0.05) is 46.8 Å². The Morgan fingerprint density at radius 2 is 1.61 bits per heavy atom. The molecule has 0 heterocycles. The molecule has 0 aliphatic heterocycles. The summed E-state index contributed by atoms with van der Waals surface area (Å²) in [5, 5.41) is 6.84. The molecule has 1 rings (SSSR count). The Balaban J connectivity index is 2.73. The fourth-order valence-electron chi connectivity index (χ4n) is 2.30. The van der Waals surface area contributed by atoms with Crippen LogP contribution in [0.5, 0.6) is 0 Å². The molecule has 0 aliphatic rings. The standard InChI is InChI=1S/C20H29N3O5/c1-12(2)16(18(26)28-11-15(24)22-19(27)21-6)23-17(25)13-7-9-14(10-8-13)20(3,4)5/h7-10,12,16H,11H2,1-6H3,(H,23,25)(H2,21,22,24,27)/t16-/m0/s1.